The zero-order valence-corrected chi connectivity index (χ0v) is 12.5. The number of nitrogens with one attached hydrogen (secondary N) is 1. The fraction of sp³-hybridized carbons (Fsp3) is 0.0909. The SMILES string of the molecule is Cc1nc(-c2ccc(F)c(Br)c2)[nH]c(=O)c1I. The predicted molar refractivity (Wildman–Crippen MR) is 75.4 cm³/mol. The first-order valence-corrected chi connectivity index (χ1v) is 6.58. The molecule has 1 aromatic carbocycles. The number of benzene rings is 1. The number of halogens is 3. The molecule has 1 aromatic heterocycles. The minimum absolute atomic E-state index is 0.187. The van der Waals surface area contributed by atoms with Gasteiger partial charge in [0.05, 0.1) is 13.7 Å². The number of aromatic nitrogens is 2. The molecular formula is C11H7BrFIN2O. The third-order valence-electron chi connectivity index (χ3n) is 2.22. The van der Waals surface area contributed by atoms with Crippen LogP contribution in [0.5, 0.6) is 0 Å². The molecule has 0 bridgehead atoms. The molecule has 0 saturated heterocycles. The van der Waals surface area contributed by atoms with Crippen molar-refractivity contribution in [1.29, 1.82) is 0 Å². The number of hydrogen-bond acceptors (Lipinski definition) is 2. The summed E-state index contributed by atoms with van der Waals surface area (Å²) in [5.74, 6) is 0.0898. The number of aromatic amines is 1. The van der Waals surface area contributed by atoms with E-state index >= 15 is 0 Å². The van der Waals surface area contributed by atoms with Crippen molar-refractivity contribution >= 4 is 38.5 Å². The second kappa shape index (κ2) is 4.85. The van der Waals surface area contributed by atoms with Crippen molar-refractivity contribution in [3.63, 3.8) is 0 Å². The first kappa shape index (κ1) is 12.7. The summed E-state index contributed by atoms with van der Waals surface area (Å²) in [7, 11) is 0. The van der Waals surface area contributed by atoms with Gasteiger partial charge in [0.1, 0.15) is 11.6 Å². The maximum absolute atomic E-state index is 13.1. The molecule has 0 fully saturated rings. The lowest BCUT2D eigenvalue weighted by molar-refractivity contribution is 0.621. The molecular weight excluding hydrogens is 402 g/mol. The van der Waals surface area contributed by atoms with Gasteiger partial charge in [0.15, 0.2) is 0 Å². The summed E-state index contributed by atoms with van der Waals surface area (Å²) in [4.78, 5) is 18.5. The fourth-order valence-electron chi connectivity index (χ4n) is 1.35. The van der Waals surface area contributed by atoms with E-state index in [4.69, 9.17) is 0 Å². The zero-order chi connectivity index (χ0) is 12.6. The average molecular weight is 409 g/mol. The Kier molecular flexibility index (Phi) is 3.62. The Hall–Kier alpha value is -0.760. The minimum atomic E-state index is -0.349. The van der Waals surface area contributed by atoms with E-state index < -0.39 is 0 Å². The summed E-state index contributed by atoms with van der Waals surface area (Å²) in [6.07, 6.45) is 0. The summed E-state index contributed by atoms with van der Waals surface area (Å²) >= 11 is 5.04. The Balaban J connectivity index is 2.61. The molecule has 0 aliphatic carbocycles. The normalized spacial score (nSPS) is 10.6. The Morgan fingerprint density at radius 1 is 1.47 bits per heavy atom. The van der Waals surface area contributed by atoms with Crippen molar-refractivity contribution < 1.29 is 4.39 Å². The summed E-state index contributed by atoms with van der Waals surface area (Å²) < 4.78 is 14.0. The molecule has 2 aromatic rings. The van der Waals surface area contributed by atoms with Crippen LogP contribution >= 0.6 is 38.5 Å². The lowest BCUT2D eigenvalue weighted by atomic mass is 10.2. The van der Waals surface area contributed by atoms with Gasteiger partial charge in [0.25, 0.3) is 5.56 Å². The third kappa shape index (κ3) is 2.57. The number of nitrogens with zero attached hydrogens (tertiary/aromatic N) is 1. The second-order valence-electron chi connectivity index (χ2n) is 3.44. The van der Waals surface area contributed by atoms with Crippen LogP contribution in [-0.2, 0) is 0 Å². The van der Waals surface area contributed by atoms with Crippen molar-refractivity contribution in [2.24, 2.45) is 0 Å². The van der Waals surface area contributed by atoms with Gasteiger partial charge in [-0.25, -0.2) is 9.37 Å². The predicted octanol–water partition coefficient (Wildman–Crippen LogP) is 3.25. The first-order chi connectivity index (χ1) is 7.99. The van der Waals surface area contributed by atoms with E-state index in [1.807, 2.05) is 22.6 Å². The van der Waals surface area contributed by atoms with Gasteiger partial charge >= 0.3 is 0 Å². The summed E-state index contributed by atoms with van der Waals surface area (Å²) in [5, 5.41) is 0. The fourth-order valence-corrected chi connectivity index (χ4v) is 1.99. The molecule has 0 saturated carbocycles. The third-order valence-corrected chi connectivity index (χ3v) is 4.10. The quantitative estimate of drug-likeness (QED) is 0.736. The summed E-state index contributed by atoms with van der Waals surface area (Å²) in [5.41, 5.74) is 1.13. The summed E-state index contributed by atoms with van der Waals surface area (Å²) in [6, 6.07) is 4.48. The standard InChI is InChI=1S/C11H7BrFIN2O/c1-5-9(14)11(17)16-10(15-5)6-2-3-8(13)7(12)4-6/h2-4H,1H3,(H,15,16,17). The van der Waals surface area contributed by atoms with Gasteiger partial charge in [0, 0.05) is 5.56 Å². The molecule has 1 heterocycles. The van der Waals surface area contributed by atoms with Crippen LogP contribution in [0.15, 0.2) is 27.5 Å². The lowest BCUT2D eigenvalue weighted by Crippen LogP contribution is -2.14. The molecule has 0 spiro atoms. The van der Waals surface area contributed by atoms with E-state index in [0.29, 0.717) is 25.1 Å². The molecule has 2 rings (SSSR count). The van der Waals surface area contributed by atoms with E-state index in [-0.39, 0.29) is 11.4 Å². The molecule has 0 unspecified atom stereocenters. The van der Waals surface area contributed by atoms with Crippen LogP contribution in [0, 0.1) is 16.3 Å². The number of aryl methyl sites for hydroxylation is 1. The molecule has 1 N–H and O–H groups in total. The number of hydrogen-bond donors (Lipinski definition) is 1. The van der Waals surface area contributed by atoms with E-state index in [1.165, 1.54) is 6.07 Å². The van der Waals surface area contributed by atoms with Crippen molar-refractivity contribution in [1.82, 2.24) is 9.97 Å². The van der Waals surface area contributed by atoms with Crippen molar-refractivity contribution in [3.05, 3.63) is 48.1 Å². The van der Waals surface area contributed by atoms with Gasteiger partial charge in [-0.05, 0) is 63.6 Å². The van der Waals surface area contributed by atoms with E-state index in [0.717, 1.165) is 0 Å². The van der Waals surface area contributed by atoms with Gasteiger partial charge in [-0.15, -0.1) is 0 Å². The van der Waals surface area contributed by atoms with E-state index in [9.17, 15) is 9.18 Å². The highest BCUT2D eigenvalue weighted by Crippen LogP contribution is 2.22. The molecule has 0 atom stereocenters. The van der Waals surface area contributed by atoms with Crippen LogP contribution < -0.4 is 5.56 Å². The first-order valence-electron chi connectivity index (χ1n) is 4.71. The monoisotopic (exact) mass is 408 g/mol. The highest BCUT2D eigenvalue weighted by atomic mass is 127. The molecule has 88 valence electrons. The zero-order valence-electron chi connectivity index (χ0n) is 8.72. The molecule has 6 heteroatoms. The van der Waals surface area contributed by atoms with Crippen molar-refractivity contribution in [2.75, 3.05) is 0 Å². The van der Waals surface area contributed by atoms with Gasteiger partial charge < -0.3 is 4.98 Å². The number of rotatable bonds is 1. The van der Waals surface area contributed by atoms with Crippen LogP contribution in [0.25, 0.3) is 11.4 Å². The highest BCUT2D eigenvalue weighted by Gasteiger charge is 2.08. The van der Waals surface area contributed by atoms with E-state index in [2.05, 4.69) is 25.9 Å². The summed E-state index contributed by atoms with van der Waals surface area (Å²) in [6.45, 7) is 1.76. The smallest absolute Gasteiger partial charge is 0.264 e. The Morgan fingerprint density at radius 2 is 2.18 bits per heavy atom. The molecule has 17 heavy (non-hydrogen) atoms. The maximum atomic E-state index is 13.1. The minimum Gasteiger partial charge on any atom is -0.306 e. The molecule has 0 aliphatic rings. The van der Waals surface area contributed by atoms with Crippen LogP contribution in [-0.4, -0.2) is 9.97 Å². The van der Waals surface area contributed by atoms with Crippen LogP contribution in [0.2, 0.25) is 0 Å². The number of H-pyrrole nitrogens is 1. The van der Waals surface area contributed by atoms with Gasteiger partial charge in [-0.1, -0.05) is 0 Å². The molecule has 0 amide bonds. The van der Waals surface area contributed by atoms with Crippen LogP contribution in [0.1, 0.15) is 5.69 Å². The van der Waals surface area contributed by atoms with Crippen LogP contribution in [0.3, 0.4) is 0 Å². The van der Waals surface area contributed by atoms with Crippen molar-refractivity contribution in [2.45, 2.75) is 6.92 Å². The molecule has 0 aliphatic heterocycles. The van der Waals surface area contributed by atoms with Gasteiger partial charge in [-0.2, -0.15) is 0 Å². The average Bonchev–Trinajstić information content (AvgIpc) is 2.29. The highest BCUT2D eigenvalue weighted by molar-refractivity contribution is 14.1. The largest absolute Gasteiger partial charge is 0.306 e. The Morgan fingerprint density at radius 3 is 2.76 bits per heavy atom. The van der Waals surface area contributed by atoms with Crippen molar-refractivity contribution in [3.8, 4) is 11.4 Å². The Bertz CT molecular complexity index is 642. The molecule has 3 nitrogen and oxygen atoms in total. The maximum Gasteiger partial charge on any atom is 0.264 e. The van der Waals surface area contributed by atoms with Gasteiger partial charge in [-0.3, -0.25) is 4.79 Å². The van der Waals surface area contributed by atoms with E-state index in [1.54, 1.807) is 19.1 Å². The topological polar surface area (TPSA) is 45.8 Å². The second-order valence-corrected chi connectivity index (χ2v) is 5.38. The van der Waals surface area contributed by atoms with Crippen LogP contribution in [0.4, 0.5) is 4.39 Å². The lowest BCUT2D eigenvalue weighted by Gasteiger charge is -2.04. The molecule has 0 radical (unpaired) electrons. The Labute approximate surface area is 119 Å². The van der Waals surface area contributed by atoms with Gasteiger partial charge in [0.2, 0.25) is 0 Å².